The Balaban J connectivity index is 1.60. The van der Waals surface area contributed by atoms with Crippen LogP contribution in [0.25, 0.3) is 5.65 Å². The van der Waals surface area contributed by atoms with Crippen LogP contribution in [-0.2, 0) is 6.54 Å². The highest BCUT2D eigenvalue weighted by Gasteiger charge is 2.06. The molecule has 0 saturated heterocycles. The molecule has 0 unspecified atom stereocenters. The number of halogens is 1. The zero-order chi connectivity index (χ0) is 16.9. The van der Waals surface area contributed by atoms with E-state index in [1.165, 1.54) is 4.40 Å². The van der Waals surface area contributed by atoms with Crippen molar-refractivity contribution in [1.82, 2.24) is 14.3 Å². The van der Waals surface area contributed by atoms with Gasteiger partial charge in [0, 0.05) is 25.4 Å². The van der Waals surface area contributed by atoms with Gasteiger partial charge in [0.1, 0.15) is 18.0 Å². The van der Waals surface area contributed by atoms with Crippen molar-refractivity contribution in [1.29, 1.82) is 0 Å². The van der Waals surface area contributed by atoms with Crippen LogP contribution in [0, 0.1) is 0 Å². The molecule has 6 heteroatoms. The van der Waals surface area contributed by atoms with E-state index < -0.39 is 0 Å². The zero-order valence-electron chi connectivity index (χ0n) is 13.4. The number of benzene rings is 1. The summed E-state index contributed by atoms with van der Waals surface area (Å²) in [5, 5.41) is 0.601. The van der Waals surface area contributed by atoms with E-state index in [9.17, 15) is 4.79 Å². The van der Waals surface area contributed by atoms with Crippen molar-refractivity contribution < 1.29 is 4.74 Å². The first-order chi connectivity index (χ1) is 11.6. The number of rotatable bonds is 6. The quantitative estimate of drug-likeness (QED) is 0.690. The van der Waals surface area contributed by atoms with E-state index in [0.717, 1.165) is 5.69 Å². The molecule has 3 aromatic rings. The molecule has 2 heterocycles. The number of likely N-dealkylation sites (N-methyl/N-ethyl adjacent to an activating group) is 1. The molecule has 0 aliphatic heterocycles. The fourth-order valence-corrected chi connectivity index (χ4v) is 2.60. The SMILES string of the molecule is CN(CCOc1ccccc1Cl)Cc1cc(=O)n2ccccc2n1. The summed E-state index contributed by atoms with van der Waals surface area (Å²) in [6.45, 7) is 1.78. The minimum atomic E-state index is -0.0729. The van der Waals surface area contributed by atoms with Gasteiger partial charge in [0.15, 0.2) is 0 Å². The Morgan fingerprint density at radius 1 is 1.21 bits per heavy atom. The molecule has 0 saturated carbocycles. The van der Waals surface area contributed by atoms with Crippen LogP contribution in [0.4, 0.5) is 0 Å². The van der Waals surface area contributed by atoms with Crippen LogP contribution in [0.1, 0.15) is 5.69 Å². The average Bonchev–Trinajstić information content (AvgIpc) is 2.57. The Bertz CT molecular complexity index is 895. The largest absolute Gasteiger partial charge is 0.491 e. The van der Waals surface area contributed by atoms with Crippen LogP contribution in [-0.4, -0.2) is 34.5 Å². The third kappa shape index (κ3) is 3.93. The van der Waals surface area contributed by atoms with Crippen molar-refractivity contribution in [3.8, 4) is 5.75 Å². The minimum Gasteiger partial charge on any atom is -0.491 e. The van der Waals surface area contributed by atoms with Crippen LogP contribution in [0.2, 0.25) is 5.02 Å². The summed E-state index contributed by atoms with van der Waals surface area (Å²) in [6.07, 6.45) is 1.72. The molecule has 0 spiro atoms. The maximum Gasteiger partial charge on any atom is 0.258 e. The fraction of sp³-hybridized carbons (Fsp3) is 0.222. The summed E-state index contributed by atoms with van der Waals surface area (Å²) in [5.41, 5.74) is 1.32. The van der Waals surface area contributed by atoms with Gasteiger partial charge in [-0.1, -0.05) is 29.8 Å². The predicted molar refractivity (Wildman–Crippen MR) is 94.7 cm³/mol. The number of hydrogen-bond donors (Lipinski definition) is 0. The van der Waals surface area contributed by atoms with Crippen LogP contribution in [0.5, 0.6) is 5.75 Å². The van der Waals surface area contributed by atoms with Gasteiger partial charge >= 0.3 is 0 Å². The van der Waals surface area contributed by atoms with Crippen molar-refractivity contribution in [2.45, 2.75) is 6.54 Å². The van der Waals surface area contributed by atoms with Gasteiger partial charge in [-0.2, -0.15) is 0 Å². The number of hydrogen-bond acceptors (Lipinski definition) is 4. The zero-order valence-corrected chi connectivity index (χ0v) is 14.1. The molecule has 0 fully saturated rings. The molecule has 0 aliphatic carbocycles. The standard InChI is InChI=1S/C18H18ClN3O2/c1-21(10-11-24-16-7-3-2-6-15(16)19)13-14-12-18(23)22-9-5-4-8-17(22)20-14/h2-9,12H,10-11,13H2,1H3. The summed E-state index contributed by atoms with van der Waals surface area (Å²) < 4.78 is 7.21. The molecule has 124 valence electrons. The molecule has 0 aliphatic rings. The summed E-state index contributed by atoms with van der Waals surface area (Å²) in [6, 6.07) is 14.5. The molecule has 24 heavy (non-hydrogen) atoms. The second-order valence-electron chi connectivity index (χ2n) is 5.53. The van der Waals surface area contributed by atoms with E-state index in [-0.39, 0.29) is 5.56 Å². The van der Waals surface area contributed by atoms with E-state index in [2.05, 4.69) is 9.88 Å². The monoisotopic (exact) mass is 343 g/mol. The minimum absolute atomic E-state index is 0.0729. The number of pyridine rings is 1. The highest BCUT2D eigenvalue weighted by Crippen LogP contribution is 2.22. The predicted octanol–water partition coefficient (Wildman–Crippen LogP) is 2.86. The fourth-order valence-electron chi connectivity index (χ4n) is 2.41. The van der Waals surface area contributed by atoms with Crippen molar-refractivity contribution in [3.05, 3.63) is 75.8 Å². The molecule has 2 aromatic heterocycles. The summed E-state index contributed by atoms with van der Waals surface area (Å²) in [4.78, 5) is 18.7. The Kier molecular flexibility index (Phi) is 5.13. The van der Waals surface area contributed by atoms with Crippen LogP contribution >= 0.6 is 11.6 Å². The van der Waals surface area contributed by atoms with Crippen molar-refractivity contribution in [2.75, 3.05) is 20.2 Å². The Morgan fingerprint density at radius 3 is 2.83 bits per heavy atom. The first-order valence-corrected chi connectivity index (χ1v) is 8.04. The van der Waals surface area contributed by atoms with E-state index >= 15 is 0 Å². The maximum absolute atomic E-state index is 12.1. The van der Waals surface area contributed by atoms with Crippen LogP contribution in [0.15, 0.2) is 59.5 Å². The molecule has 3 rings (SSSR count). The second kappa shape index (κ2) is 7.47. The smallest absolute Gasteiger partial charge is 0.258 e. The second-order valence-corrected chi connectivity index (χ2v) is 5.94. The highest BCUT2D eigenvalue weighted by molar-refractivity contribution is 6.32. The lowest BCUT2D eigenvalue weighted by Gasteiger charge is -2.17. The highest BCUT2D eigenvalue weighted by atomic mass is 35.5. The number of ether oxygens (including phenoxy) is 1. The van der Waals surface area contributed by atoms with Crippen LogP contribution in [0.3, 0.4) is 0 Å². The Labute approximate surface area is 145 Å². The lowest BCUT2D eigenvalue weighted by molar-refractivity contribution is 0.231. The molecule has 0 N–H and O–H groups in total. The van der Waals surface area contributed by atoms with E-state index in [1.807, 2.05) is 43.4 Å². The Hall–Kier alpha value is -2.37. The van der Waals surface area contributed by atoms with Gasteiger partial charge in [-0.25, -0.2) is 4.98 Å². The summed E-state index contributed by atoms with van der Waals surface area (Å²) >= 11 is 6.06. The van der Waals surface area contributed by atoms with Gasteiger partial charge in [-0.3, -0.25) is 14.1 Å². The third-order valence-corrected chi connectivity index (χ3v) is 3.94. The first-order valence-electron chi connectivity index (χ1n) is 7.67. The third-order valence-electron chi connectivity index (χ3n) is 3.62. The molecule has 0 amide bonds. The average molecular weight is 344 g/mol. The molecule has 1 aromatic carbocycles. The van der Waals surface area contributed by atoms with Gasteiger partial charge in [-0.05, 0) is 31.3 Å². The van der Waals surface area contributed by atoms with Crippen LogP contribution < -0.4 is 10.3 Å². The van der Waals surface area contributed by atoms with Gasteiger partial charge in [0.25, 0.3) is 5.56 Å². The molecular formula is C18H18ClN3O2. The number of aromatic nitrogens is 2. The number of para-hydroxylation sites is 1. The van der Waals surface area contributed by atoms with Gasteiger partial charge < -0.3 is 4.74 Å². The molecular weight excluding hydrogens is 326 g/mol. The number of nitrogens with zero attached hydrogens (tertiary/aromatic N) is 3. The normalized spacial score (nSPS) is 11.1. The molecule has 0 bridgehead atoms. The lowest BCUT2D eigenvalue weighted by atomic mass is 10.3. The first kappa shape index (κ1) is 16.5. The van der Waals surface area contributed by atoms with Gasteiger partial charge in [0.2, 0.25) is 0 Å². The van der Waals surface area contributed by atoms with E-state index in [0.29, 0.717) is 36.1 Å². The van der Waals surface area contributed by atoms with Crippen molar-refractivity contribution in [2.24, 2.45) is 0 Å². The topological polar surface area (TPSA) is 46.8 Å². The molecule has 0 atom stereocenters. The lowest BCUT2D eigenvalue weighted by Crippen LogP contribution is -2.26. The number of fused-ring (bicyclic) bond motifs is 1. The summed E-state index contributed by atoms with van der Waals surface area (Å²) in [5.74, 6) is 0.676. The summed E-state index contributed by atoms with van der Waals surface area (Å²) in [7, 11) is 1.96. The van der Waals surface area contributed by atoms with Gasteiger partial charge in [-0.15, -0.1) is 0 Å². The van der Waals surface area contributed by atoms with Gasteiger partial charge in [0.05, 0.1) is 10.7 Å². The molecule has 0 radical (unpaired) electrons. The molecule has 5 nitrogen and oxygen atoms in total. The van der Waals surface area contributed by atoms with Crippen molar-refractivity contribution in [3.63, 3.8) is 0 Å². The Morgan fingerprint density at radius 2 is 2.00 bits per heavy atom. The van der Waals surface area contributed by atoms with E-state index in [4.69, 9.17) is 16.3 Å². The van der Waals surface area contributed by atoms with E-state index in [1.54, 1.807) is 18.3 Å². The van der Waals surface area contributed by atoms with Crippen molar-refractivity contribution >= 4 is 17.2 Å². The maximum atomic E-state index is 12.1.